The Morgan fingerprint density at radius 1 is 0.781 bits per heavy atom. The third kappa shape index (κ3) is 3.70. The largest absolute Gasteiger partial charge is 0.342 e. The molecule has 3 aromatic carbocycles. The molecule has 2 heterocycles. The first-order valence-electron chi connectivity index (χ1n) is 11.4. The zero-order chi connectivity index (χ0) is 22.5. The van der Waals surface area contributed by atoms with Crippen LogP contribution in [0.15, 0.2) is 60.7 Å². The lowest BCUT2D eigenvalue weighted by atomic mass is 9.86. The summed E-state index contributed by atoms with van der Waals surface area (Å²) in [6, 6.07) is 21.5. The number of nitrogens with one attached hydrogen (secondary N) is 2. The first-order valence-corrected chi connectivity index (χ1v) is 11.4. The second-order valence-corrected chi connectivity index (χ2v) is 9.81. The van der Waals surface area contributed by atoms with E-state index in [9.17, 15) is 0 Å². The molecule has 0 aliphatic rings. The third-order valence-electron chi connectivity index (χ3n) is 6.40. The highest BCUT2D eigenvalue weighted by molar-refractivity contribution is 5.87. The Hall–Kier alpha value is -3.40. The summed E-state index contributed by atoms with van der Waals surface area (Å²) >= 11 is 0. The fraction of sp³-hybridized carbons (Fsp3) is 0.286. The fourth-order valence-corrected chi connectivity index (χ4v) is 4.09. The normalized spacial score (nSPS) is 13.2. The molecule has 0 aliphatic carbocycles. The molecule has 2 N–H and O–H groups in total. The number of fused-ring (bicyclic) bond motifs is 2. The van der Waals surface area contributed by atoms with Crippen LogP contribution in [0.2, 0.25) is 0 Å². The molecule has 0 amide bonds. The number of aromatic amines is 2. The summed E-state index contributed by atoms with van der Waals surface area (Å²) in [7, 11) is 0. The van der Waals surface area contributed by atoms with Gasteiger partial charge in [0.05, 0.1) is 22.1 Å². The monoisotopic (exact) mass is 422 g/mol. The first kappa shape index (κ1) is 20.5. The highest BCUT2D eigenvalue weighted by Crippen LogP contribution is 2.30. The van der Waals surface area contributed by atoms with Gasteiger partial charge in [-0.1, -0.05) is 65.0 Å². The van der Waals surface area contributed by atoms with Gasteiger partial charge in [-0.2, -0.15) is 0 Å². The van der Waals surface area contributed by atoms with Crippen LogP contribution in [0.25, 0.3) is 44.6 Å². The number of imidazole rings is 2. The molecule has 0 saturated carbocycles. The lowest BCUT2D eigenvalue weighted by Crippen LogP contribution is -2.10. The van der Waals surface area contributed by atoms with E-state index < -0.39 is 0 Å². The molecule has 0 bridgehead atoms. The molecule has 0 radical (unpaired) electrons. The third-order valence-corrected chi connectivity index (χ3v) is 6.40. The molecular formula is C28H30N4. The Morgan fingerprint density at radius 2 is 1.44 bits per heavy atom. The van der Waals surface area contributed by atoms with Gasteiger partial charge in [0.15, 0.2) is 0 Å². The van der Waals surface area contributed by atoms with Crippen molar-refractivity contribution in [3.05, 3.63) is 72.1 Å². The van der Waals surface area contributed by atoms with Crippen molar-refractivity contribution < 1.29 is 0 Å². The van der Waals surface area contributed by atoms with Crippen molar-refractivity contribution in [1.29, 1.82) is 0 Å². The maximum absolute atomic E-state index is 4.85. The van der Waals surface area contributed by atoms with E-state index in [0.29, 0.717) is 5.92 Å². The predicted molar refractivity (Wildman–Crippen MR) is 134 cm³/mol. The number of hydrogen-bond acceptors (Lipinski definition) is 2. The van der Waals surface area contributed by atoms with Crippen molar-refractivity contribution in [2.45, 2.75) is 52.4 Å². The van der Waals surface area contributed by atoms with Gasteiger partial charge in [-0.3, -0.25) is 0 Å². The number of H-pyrrole nitrogens is 2. The lowest BCUT2D eigenvalue weighted by Gasteiger charge is -2.19. The van der Waals surface area contributed by atoms with E-state index in [0.717, 1.165) is 51.3 Å². The van der Waals surface area contributed by atoms with Crippen molar-refractivity contribution in [1.82, 2.24) is 19.9 Å². The fourth-order valence-electron chi connectivity index (χ4n) is 4.09. The molecule has 0 fully saturated rings. The van der Waals surface area contributed by atoms with Crippen molar-refractivity contribution in [2.24, 2.45) is 0 Å². The summed E-state index contributed by atoms with van der Waals surface area (Å²) in [5, 5.41) is 0. The second kappa shape index (κ2) is 7.63. The van der Waals surface area contributed by atoms with Crippen molar-refractivity contribution in [3.63, 3.8) is 0 Å². The van der Waals surface area contributed by atoms with Gasteiger partial charge in [-0.15, -0.1) is 0 Å². The van der Waals surface area contributed by atoms with Crippen LogP contribution in [0.1, 0.15) is 58.3 Å². The van der Waals surface area contributed by atoms with Crippen LogP contribution >= 0.6 is 0 Å². The Kier molecular flexibility index (Phi) is 4.89. The number of hydrogen-bond donors (Lipinski definition) is 2. The minimum absolute atomic E-state index is 0.106. The van der Waals surface area contributed by atoms with Gasteiger partial charge in [-0.25, -0.2) is 9.97 Å². The topological polar surface area (TPSA) is 57.4 Å². The van der Waals surface area contributed by atoms with Crippen molar-refractivity contribution in [3.8, 4) is 22.5 Å². The van der Waals surface area contributed by atoms with E-state index in [2.05, 4.69) is 105 Å². The Morgan fingerprint density at radius 3 is 2.09 bits per heavy atom. The summed E-state index contributed by atoms with van der Waals surface area (Å²) in [5.41, 5.74) is 9.00. The predicted octanol–water partition coefficient (Wildman–Crippen LogP) is 7.58. The van der Waals surface area contributed by atoms with Gasteiger partial charge in [-0.05, 0) is 58.9 Å². The van der Waals surface area contributed by atoms with Crippen LogP contribution in [0.4, 0.5) is 0 Å². The Labute approximate surface area is 189 Å². The molecule has 5 aromatic rings. The molecule has 32 heavy (non-hydrogen) atoms. The van der Waals surface area contributed by atoms with E-state index in [1.54, 1.807) is 0 Å². The molecule has 162 valence electrons. The highest BCUT2D eigenvalue weighted by atomic mass is 14.9. The SMILES string of the molecule is CCC(C)c1nc2ccc(-c3ccc4nc(-c5cccc(C(C)(C)C)c5)[nH]c4c3)cc2[nH]1. The van der Waals surface area contributed by atoms with Gasteiger partial charge in [0, 0.05) is 11.5 Å². The molecular weight excluding hydrogens is 392 g/mol. The number of nitrogens with zero attached hydrogens (tertiary/aromatic N) is 2. The van der Waals surface area contributed by atoms with E-state index in [1.165, 1.54) is 11.1 Å². The quantitative estimate of drug-likeness (QED) is 0.313. The van der Waals surface area contributed by atoms with E-state index in [4.69, 9.17) is 9.97 Å². The first-order chi connectivity index (χ1) is 15.3. The second-order valence-electron chi connectivity index (χ2n) is 9.81. The van der Waals surface area contributed by atoms with Gasteiger partial charge < -0.3 is 9.97 Å². The van der Waals surface area contributed by atoms with Crippen LogP contribution in [0.3, 0.4) is 0 Å². The molecule has 4 heteroatoms. The van der Waals surface area contributed by atoms with Crippen LogP contribution in [0.5, 0.6) is 0 Å². The van der Waals surface area contributed by atoms with Gasteiger partial charge in [0.2, 0.25) is 0 Å². The van der Waals surface area contributed by atoms with Gasteiger partial charge >= 0.3 is 0 Å². The number of aromatic nitrogens is 4. The van der Waals surface area contributed by atoms with Crippen molar-refractivity contribution in [2.75, 3.05) is 0 Å². The van der Waals surface area contributed by atoms with Crippen LogP contribution in [-0.4, -0.2) is 19.9 Å². The molecule has 0 spiro atoms. The molecule has 0 saturated heterocycles. The van der Waals surface area contributed by atoms with E-state index in [-0.39, 0.29) is 5.41 Å². The maximum atomic E-state index is 4.85. The Balaban J connectivity index is 1.52. The molecule has 5 rings (SSSR count). The average Bonchev–Trinajstić information content (AvgIpc) is 3.41. The standard InChI is InChI=1S/C28H30N4/c1-6-17(2)26-29-22-12-10-18(15-24(22)31-26)19-11-13-23-25(16-19)32-27(30-23)20-8-7-9-21(14-20)28(3,4)5/h7-17H,6H2,1-5H3,(H,29,31)(H,30,32). The number of rotatable bonds is 4. The zero-order valence-electron chi connectivity index (χ0n) is 19.5. The van der Waals surface area contributed by atoms with Gasteiger partial charge in [0.25, 0.3) is 0 Å². The molecule has 2 aromatic heterocycles. The molecule has 4 nitrogen and oxygen atoms in total. The van der Waals surface area contributed by atoms with E-state index >= 15 is 0 Å². The minimum atomic E-state index is 0.106. The van der Waals surface area contributed by atoms with Crippen LogP contribution < -0.4 is 0 Å². The molecule has 1 atom stereocenters. The average molecular weight is 423 g/mol. The van der Waals surface area contributed by atoms with Gasteiger partial charge in [0.1, 0.15) is 11.6 Å². The summed E-state index contributed by atoms with van der Waals surface area (Å²) < 4.78 is 0. The smallest absolute Gasteiger partial charge is 0.138 e. The zero-order valence-corrected chi connectivity index (χ0v) is 19.5. The number of benzene rings is 3. The maximum Gasteiger partial charge on any atom is 0.138 e. The van der Waals surface area contributed by atoms with Crippen LogP contribution in [0, 0.1) is 0 Å². The highest BCUT2D eigenvalue weighted by Gasteiger charge is 2.15. The summed E-state index contributed by atoms with van der Waals surface area (Å²) in [6.07, 6.45) is 1.07. The minimum Gasteiger partial charge on any atom is -0.342 e. The summed E-state index contributed by atoms with van der Waals surface area (Å²) in [5.74, 6) is 2.40. The lowest BCUT2D eigenvalue weighted by molar-refractivity contribution is 0.590. The van der Waals surface area contributed by atoms with Crippen molar-refractivity contribution >= 4 is 22.1 Å². The summed E-state index contributed by atoms with van der Waals surface area (Å²) in [6.45, 7) is 11.1. The van der Waals surface area contributed by atoms with Crippen LogP contribution in [-0.2, 0) is 5.41 Å². The Bertz CT molecular complexity index is 1410. The molecule has 1 unspecified atom stereocenters. The molecule has 0 aliphatic heterocycles. The van der Waals surface area contributed by atoms with E-state index in [1.807, 2.05) is 0 Å². The summed E-state index contributed by atoms with van der Waals surface area (Å²) in [4.78, 5) is 16.6.